The molecular formula is C24H40O8. The van der Waals surface area contributed by atoms with E-state index in [2.05, 4.69) is 27.7 Å². The molecule has 0 aromatic rings. The topological polar surface area (TPSA) is 105 Å². The van der Waals surface area contributed by atoms with Gasteiger partial charge < -0.3 is 18.9 Å². The number of carbonyl (C=O) groups excluding carboxylic acids is 4. The third-order valence-corrected chi connectivity index (χ3v) is 3.78. The molecule has 0 radical (unpaired) electrons. The highest BCUT2D eigenvalue weighted by Gasteiger charge is 2.43. The number of esters is 4. The zero-order valence-corrected chi connectivity index (χ0v) is 20.4. The van der Waals surface area contributed by atoms with E-state index in [1.807, 2.05) is 6.92 Å². The summed E-state index contributed by atoms with van der Waals surface area (Å²) >= 11 is 0. The van der Waals surface area contributed by atoms with Crippen molar-refractivity contribution in [3.8, 4) is 0 Å². The Morgan fingerprint density at radius 3 is 1.66 bits per heavy atom. The zero-order chi connectivity index (χ0) is 24.8. The lowest BCUT2D eigenvalue weighted by Gasteiger charge is -2.28. The van der Waals surface area contributed by atoms with E-state index < -0.39 is 29.9 Å². The number of ether oxygens (including phenoxy) is 4. The van der Waals surface area contributed by atoms with Crippen molar-refractivity contribution in [2.45, 2.75) is 98.9 Å². The maximum Gasteiger partial charge on any atom is 0.424 e. The average molecular weight is 457 g/mol. The Balaban J connectivity index is 0. The summed E-state index contributed by atoms with van der Waals surface area (Å²) in [5.74, 6) is -5.64. The Hall–Kier alpha value is -2.64. The monoisotopic (exact) mass is 456 g/mol. The van der Waals surface area contributed by atoms with Crippen LogP contribution in [0.2, 0.25) is 0 Å². The first-order valence-electron chi connectivity index (χ1n) is 11.5. The Morgan fingerprint density at radius 2 is 1.25 bits per heavy atom. The third kappa shape index (κ3) is 17.1. The molecule has 0 saturated heterocycles. The number of hydrogen-bond acceptors (Lipinski definition) is 8. The van der Waals surface area contributed by atoms with Gasteiger partial charge >= 0.3 is 29.9 Å². The molecule has 0 aromatic heterocycles. The van der Waals surface area contributed by atoms with Gasteiger partial charge in [-0.05, 0) is 12.8 Å². The van der Waals surface area contributed by atoms with Crippen LogP contribution in [0, 0.1) is 0 Å². The number of cyclic esters (lactones) is 2. The van der Waals surface area contributed by atoms with Crippen molar-refractivity contribution < 1.29 is 38.1 Å². The second kappa shape index (κ2) is 20.3. The zero-order valence-electron chi connectivity index (χ0n) is 20.4. The maximum absolute atomic E-state index is 11.8. The van der Waals surface area contributed by atoms with Gasteiger partial charge in [-0.1, -0.05) is 73.6 Å². The second-order valence-electron chi connectivity index (χ2n) is 6.88. The Morgan fingerprint density at radius 1 is 0.781 bits per heavy atom. The molecule has 1 heterocycles. The maximum atomic E-state index is 11.8. The van der Waals surface area contributed by atoms with Gasteiger partial charge in [-0.25, -0.2) is 19.2 Å². The van der Waals surface area contributed by atoms with Crippen molar-refractivity contribution in [2.75, 3.05) is 6.61 Å². The molecule has 0 aromatic carbocycles. The van der Waals surface area contributed by atoms with E-state index in [0.717, 1.165) is 30.7 Å². The van der Waals surface area contributed by atoms with Gasteiger partial charge in [0.15, 0.2) is 0 Å². The predicted molar refractivity (Wildman–Crippen MR) is 121 cm³/mol. The lowest BCUT2D eigenvalue weighted by atomic mass is 10.3. The number of hydrogen-bond donors (Lipinski definition) is 0. The molecule has 0 spiro atoms. The molecule has 1 rings (SSSR count). The van der Waals surface area contributed by atoms with Crippen LogP contribution in [0.3, 0.4) is 0 Å². The van der Waals surface area contributed by atoms with E-state index in [4.69, 9.17) is 18.9 Å². The fourth-order valence-corrected chi connectivity index (χ4v) is 1.72. The minimum absolute atomic E-state index is 0.0489. The summed E-state index contributed by atoms with van der Waals surface area (Å²) in [6, 6.07) is 0. The summed E-state index contributed by atoms with van der Waals surface area (Å²) < 4.78 is 19.6. The molecule has 0 fully saturated rings. The molecular weight excluding hydrogens is 416 g/mol. The highest BCUT2D eigenvalue weighted by atomic mass is 16.9. The first-order chi connectivity index (χ1) is 15.2. The van der Waals surface area contributed by atoms with E-state index in [1.165, 1.54) is 25.7 Å². The van der Waals surface area contributed by atoms with Crippen molar-refractivity contribution in [2.24, 2.45) is 0 Å². The van der Waals surface area contributed by atoms with Gasteiger partial charge in [0.1, 0.15) is 0 Å². The summed E-state index contributed by atoms with van der Waals surface area (Å²) in [7, 11) is 0. The first kappa shape index (κ1) is 31.5. The second-order valence-corrected chi connectivity index (χ2v) is 6.88. The minimum Gasteiger partial charge on any atom is -0.463 e. The fourth-order valence-electron chi connectivity index (χ4n) is 1.72. The van der Waals surface area contributed by atoms with Crippen LogP contribution < -0.4 is 0 Å². The van der Waals surface area contributed by atoms with Crippen LogP contribution in [0.5, 0.6) is 0 Å². The molecule has 0 bridgehead atoms. The number of unbranched alkanes of at least 4 members (excludes halogenated alkanes) is 3. The molecule has 8 nitrogen and oxygen atoms in total. The summed E-state index contributed by atoms with van der Waals surface area (Å²) in [5, 5.41) is 0. The largest absolute Gasteiger partial charge is 0.463 e. The summed E-state index contributed by atoms with van der Waals surface area (Å²) in [5.41, 5.74) is 0. The van der Waals surface area contributed by atoms with E-state index in [-0.39, 0.29) is 13.0 Å². The Kier molecular flexibility index (Phi) is 20.0. The highest BCUT2D eigenvalue weighted by molar-refractivity contribution is 5.94. The Bertz CT molecular complexity index is 579. The SMILES string of the molecule is CCCC.CCCC.CCCCOC(=O)/C=C\C(=O)OC1(CCC)OC(=O)C=CC(=O)O1. The van der Waals surface area contributed by atoms with Gasteiger partial charge in [-0.15, -0.1) is 0 Å². The number of carbonyl (C=O) groups is 4. The molecule has 32 heavy (non-hydrogen) atoms. The van der Waals surface area contributed by atoms with Gasteiger partial charge in [0.05, 0.1) is 13.0 Å². The van der Waals surface area contributed by atoms with Crippen molar-refractivity contribution in [1.29, 1.82) is 0 Å². The van der Waals surface area contributed by atoms with Crippen molar-refractivity contribution in [1.82, 2.24) is 0 Å². The number of rotatable bonds is 10. The third-order valence-electron chi connectivity index (χ3n) is 3.78. The van der Waals surface area contributed by atoms with Gasteiger partial charge in [-0.2, -0.15) is 0 Å². The molecule has 8 heteroatoms. The Labute approximate surface area is 192 Å². The lowest BCUT2D eigenvalue weighted by Crippen LogP contribution is -2.42. The van der Waals surface area contributed by atoms with Crippen molar-refractivity contribution >= 4 is 23.9 Å². The standard InChI is InChI=1S/C16H20O8.2C4H10/c1-3-5-11-21-12(17)6-7-13(18)22-16(10-4-2)23-14(19)8-9-15(20)24-16;2*1-3-4-2/h6-9H,3-5,10-11H2,1-2H3;2*3-4H2,1-2H3/b7-6-;;. The van der Waals surface area contributed by atoms with E-state index in [9.17, 15) is 19.2 Å². The van der Waals surface area contributed by atoms with E-state index in [1.54, 1.807) is 6.92 Å². The molecule has 0 unspecified atom stereocenters. The van der Waals surface area contributed by atoms with Gasteiger partial charge in [0.25, 0.3) is 0 Å². The van der Waals surface area contributed by atoms with Gasteiger partial charge in [-0.3, -0.25) is 0 Å². The molecule has 0 aliphatic carbocycles. The average Bonchev–Trinajstić information content (AvgIpc) is 2.90. The minimum atomic E-state index is -2.15. The fraction of sp³-hybridized carbons (Fsp3) is 0.667. The molecule has 0 atom stereocenters. The van der Waals surface area contributed by atoms with E-state index >= 15 is 0 Å². The van der Waals surface area contributed by atoms with E-state index in [0.29, 0.717) is 12.8 Å². The summed E-state index contributed by atoms with van der Waals surface area (Å²) in [6.45, 7) is 12.6. The molecule has 0 saturated carbocycles. The molecule has 184 valence electrons. The smallest absolute Gasteiger partial charge is 0.424 e. The van der Waals surface area contributed by atoms with Crippen LogP contribution >= 0.6 is 0 Å². The first-order valence-corrected chi connectivity index (χ1v) is 11.5. The van der Waals surface area contributed by atoms with Gasteiger partial charge in [0, 0.05) is 24.3 Å². The summed E-state index contributed by atoms with van der Waals surface area (Å²) in [6.07, 6.45) is 10.6. The van der Waals surface area contributed by atoms with Crippen LogP contribution in [0.25, 0.3) is 0 Å². The molecule has 0 amide bonds. The van der Waals surface area contributed by atoms with Gasteiger partial charge in [0.2, 0.25) is 0 Å². The normalized spacial score (nSPS) is 14.1. The lowest BCUT2D eigenvalue weighted by molar-refractivity contribution is -0.325. The van der Waals surface area contributed by atoms with Crippen LogP contribution in [-0.2, 0) is 38.1 Å². The van der Waals surface area contributed by atoms with Crippen molar-refractivity contribution in [3.63, 3.8) is 0 Å². The van der Waals surface area contributed by atoms with Crippen molar-refractivity contribution in [3.05, 3.63) is 24.3 Å². The molecule has 1 aliphatic heterocycles. The highest BCUT2D eigenvalue weighted by Crippen LogP contribution is 2.25. The van der Waals surface area contributed by atoms with Crippen LogP contribution in [0.4, 0.5) is 0 Å². The van der Waals surface area contributed by atoms with Crippen LogP contribution in [0.15, 0.2) is 24.3 Å². The molecule has 1 aliphatic rings. The summed E-state index contributed by atoms with van der Waals surface area (Å²) in [4.78, 5) is 46.2. The van der Waals surface area contributed by atoms with Crippen LogP contribution in [0.1, 0.15) is 92.9 Å². The molecule has 0 N–H and O–H groups in total. The quantitative estimate of drug-likeness (QED) is 0.252. The predicted octanol–water partition coefficient (Wildman–Crippen LogP) is 5.15. The van der Waals surface area contributed by atoms with Crippen LogP contribution in [-0.4, -0.2) is 36.5 Å².